The summed E-state index contributed by atoms with van der Waals surface area (Å²) in [6, 6.07) is 13.0. The number of aryl methyl sites for hydroxylation is 1. The molecule has 132 valence electrons. The number of halogens is 2. The summed E-state index contributed by atoms with van der Waals surface area (Å²) < 4.78 is 33.8. The Labute approximate surface area is 143 Å². The number of rotatable bonds is 7. The van der Waals surface area contributed by atoms with Crippen molar-refractivity contribution in [1.29, 1.82) is 0 Å². The summed E-state index contributed by atoms with van der Waals surface area (Å²) in [6.45, 7) is -1.37. The van der Waals surface area contributed by atoms with Gasteiger partial charge in [-0.3, -0.25) is 4.79 Å². The summed E-state index contributed by atoms with van der Waals surface area (Å²) >= 11 is 0. The smallest absolute Gasteiger partial charge is 0.387 e. The SMILES string of the molecule is Cc1ccccc1CNC(=O)COC(=O)c1ccccc1OC(F)F. The summed E-state index contributed by atoms with van der Waals surface area (Å²) in [5, 5.41) is 2.63. The Hall–Kier alpha value is -2.96. The van der Waals surface area contributed by atoms with Crippen molar-refractivity contribution in [3.8, 4) is 5.75 Å². The van der Waals surface area contributed by atoms with Gasteiger partial charge < -0.3 is 14.8 Å². The average Bonchev–Trinajstić information content (AvgIpc) is 2.59. The maximum atomic E-state index is 12.3. The lowest BCUT2D eigenvalue weighted by Gasteiger charge is -2.11. The fourth-order valence-electron chi connectivity index (χ4n) is 2.10. The Kier molecular flexibility index (Phi) is 6.45. The molecular weight excluding hydrogens is 332 g/mol. The highest BCUT2D eigenvalue weighted by Crippen LogP contribution is 2.21. The van der Waals surface area contributed by atoms with E-state index < -0.39 is 25.1 Å². The molecule has 0 radical (unpaired) electrons. The van der Waals surface area contributed by atoms with E-state index in [-0.39, 0.29) is 11.3 Å². The molecule has 2 aromatic carbocycles. The van der Waals surface area contributed by atoms with Crippen LogP contribution in [-0.2, 0) is 16.1 Å². The number of carbonyl (C=O) groups excluding carboxylic acids is 2. The van der Waals surface area contributed by atoms with E-state index in [2.05, 4.69) is 10.1 Å². The maximum Gasteiger partial charge on any atom is 0.387 e. The van der Waals surface area contributed by atoms with Crippen LogP contribution in [0.15, 0.2) is 48.5 Å². The van der Waals surface area contributed by atoms with Crippen molar-refractivity contribution in [3.63, 3.8) is 0 Å². The Morgan fingerprint density at radius 1 is 1.08 bits per heavy atom. The van der Waals surface area contributed by atoms with Crippen LogP contribution in [0, 0.1) is 6.92 Å². The van der Waals surface area contributed by atoms with Crippen LogP contribution in [0.1, 0.15) is 21.5 Å². The molecule has 0 heterocycles. The lowest BCUT2D eigenvalue weighted by molar-refractivity contribution is -0.124. The van der Waals surface area contributed by atoms with Crippen LogP contribution >= 0.6 is 0 Å². The predicted octanol–water partition coefficient (Wildman–Crippen LogP) is 3.07. The van der Waals surface area contributed by atoms with Gasteiger partial charge in [-0.05, 0) is 30.2 Å². The van der Waals surface area contributed by atoms with Gasteiger partial charge >= 0.3 is 12.6 Å². The first-order chi connectivity index (χ1) is 12.0. The molecule has 0 atom stereocenters. The topological polar surface area (TPSA) is 64.6 Å². The Bertz CT molecular complexity index is 749. The molecule has 25 heavy (non-hydrogen) atoms. The summed E-state index contributed by atoms with van der Waals surface area (Å²) in [4.78, 5) is 23.7. The molecular formula is C18H17F2NO4. The number of ether oxygens (including phenoxy) is 2. The van der Waals surface area contributed by atoms with Gasteiger partial charge in [0, 0.05) is 6.54 Å². The third-order valence-electron chi connectivity index (χ3n) is 3.39. The van der Waals surface area contributed by atoms with Crippen molar-refractivity contribution in [2.45, 2.75) is 20.1 Å². The number of hydrogen-bond acceptors (Lipinski definition) is 4. The van der Waals surface area contributed by atoms with Crippen LogP contribution in [0.2, 0.25) is 0 Å². The molecule has 0 saturated heterocycles. The van der Waals surface area contributed by atoms with E-state index in [9.17, 15) is 18.4 Å². The highest BCUT2D eigenvalue weighted by molar-refractivity contribution is 5.93. The largest absolute Gasteiger partial charge is 0.452 e. The summed E-state index contributed by atoms with van der Waals surface area (Å²) in [7, 11) is 0. The minimum Gasteiger partial charge on any atom is -0.452 e. The second kappa shape index (κ2) is 8.77. The van der Waals surface area contributed by atoms with E-state index >= 15 is 0 Å². The van der Waals surface area contributed by atoms with Crippen molar-refractivity contribution >= 4 is 11.9 Å². The van der Waals surface area contributed by atoms with E-state index in [0.29, 0.717) is 6.54 Å². The molecule has 0 aromatic heterocycles. The standard InChI is InChI=1S/C18H17F2NO4/c1-12-6-2-3-7-13(12)10-21-16(22)11-24-17(23)14-8-4-5-9-15(14)25-18(19)20/h2-9,18H,10-11H2,1H3,(H,21,22). The molecule has 7 heteroatoms. The fourth-order valence-corrected chi connectivity index (χ4v) is 2.10. The van der Waals surface area contributed by atoms with Crippen LogP contribution in [0.25, 0.3) is 0 Å². The van der Waals surface area contributed by atoms with Gasteiger partial charge in [-0.25, -0.2) is 4.79 Å². The van der Waals surface area contributed by atoms with Crippen molar-refractivity contribution < 1.29 is 27.8 Å². The van der Waals surface area contributed by atoms with Crippen LogP contribution < -0.4 is 10.1 Å². The van der Waals surface area contributed by atoms with E-state index in [4.69, 9.17) is 4.74 Å². The highest BCUT2D eigenvalue weighted by Gasteiger charge is 2.17. The Morgan fingerprint density at radius 3 is 2.48 bits per heavy atom. The van der Waals surface area contributed by atoms with Crippen LogP contribution in [0.4, 0.5) is 8.78 Å². The molecule has 0 aliphatic carbocycles. The summed E-state index contributed by atoms with van der Waals surface area (Å²) in [5.74, 6) is -1.71. The number of hydrogen-bond donors (Lipinski definition) is 1. The molecule has 0 fully saturated rings. The van der Waals surface area contributed by atoms with Gasteiger partial charge in [0.15, 0.2) is 6.61 Å². The quantitative estimate of drug-likeness (QED) is 0.781. The van der Waals surface area contributed by atoms with Gasteiger partial charge in [0.05, 0.1) is 0 Å². The fraction of sp³-hybridized carbons (Fsp3) is 0.222. The number of alkyl halides is 2. The number of esters is 1. The zero-order valence-electron chi connectivity index (χ0n) is 13.5. The van der Waals surface area contributed by atoms with Crippen LogP contribution in [0.3, 0.4) is 0 Å². The number of benzene rings is 2. The molecule has 5 nitrogen and oxygen atoms in total. The van der Waals surface area contributed by atoms with Crippen molar-refractivity contribution in [2.75, 3.05) is 6.61 Å². The van der Waals surface area contributed by atoms with Crippen molar-refractivity contribution in [2.24, 2.45) is 0 Å². The van der Waals surface area contributed by atoms with Gasteiger partial charge in [0.25, 0.3) is 5.91 Å². The Balaban J connectivity index is 1.87. The first-order valence-electron chi connectivity index (χ1n) is 7.49. The normalized spacial score (nSPS) is 10.4. The van der Waals surface area contributed by atoms with E-state index in [1.807, 2.05) is 31.2 Å². The molecule has 0 bridgehead atoms. The molecule has 1 N–H and O–H groups in total. The second-order valence-corrected chi connectivity index (χ2v) is 5.15. The first kappa shape index (κ1) is 18.4. The average molecular weight is 349 g/mol. The van der Waals surface area contributed by atoms with Crippen LogP contribution in [-0.4, -0.2) is 25.1 Å². The van der Waals surface area contributed by atoms with Crippen LogP contribution in [0.5, 0.6) is 5.75 Å². The van der Waals surface area contributed by atoms with E-state index in [1.165, 1.54) is 24.3 Å². The molecule has 0 spiro atoms. The Morgan fingerprint density at radius 2 is 1.76 bits per heavy atom. The third kappa shape index (κ3) is 5.56. The molecule has 0 unspecified atom stereocenters. The zero-order chi connectivity index (χ0) is 18.2. The number of para-hydroxylation sites is 1. The molecule has 0 aliphatic heterocycles. The lowest BCUT2D eigenvalue weighted by atomic mass is 10.1. The maximum absolute atomic E-state index is 12.3. The third-order valence-corrected chi connectivity index (χ3v) is 3.39. The van der Waals surface area contributed by atoms with Crippen molar-refractivity contribution in [1.82, 2.24) is 5.32 Å². The summed E-state index contributed by atoms with van der Waals surface area (Å²) in [6.07, 6.45) is 0. The van der Waals surface area contributed by atoms with Gasteiger partial charge in [-0.1, -0.05) is 36.4 Å². The molecule has 2 rings (SSSR count). The summed E-state index contributed by atoms with van der Waals surface area (Å²) in [5.41, 5.74) is 1.80. The van der Waals surface area contributed by atoms with Gasteiger partial charge in [0.2, 0.25) is 0 Å². The van der Waals surface area contributed by atoms with Gasteiger partial charge in [-0.2, -0.15) is 8.78 Å². The monoisotopic (exact) mass is 349 g/mol. The minimum absolute atomic E-state index is 0.172. The van der Waals surface area contributed by atoms with Gasteiger partial charge in [0.1, 0.15) is 11.3 Å². The minimum atomic E-state index is -3.06. The lowest BCUT2D eigenvalue weighted by Crippen LogP contribution is -2.28. The number of nitrogens with one attached hydrogen (secondary N) is 1. The number of amides is 1. The zero-order valence-corrected chi connectivity index (χ0v) is 13.5. The molecule has 2 aromatic rings. The van der Waals surface area contributed by atoms with E-state index in [0.717, 1.165) is 11.1 Å². The van der Waals surface area contributed by atoms with E-state index in [1.54, 1.807) is 0 Å². The number of carbonyl (C=O) groups is 2. The molecule has 0 aliphatic rings. The highest BCUT2D eigenvalue weighted by atomic mass is 19.3. The predicted molar refractivity (Wildman–Crippen MR) is 86.4 cm³/mol. The molecule has 1 amide bonds. The van der Waals surface area contributed by atoms with Crippen molar-refractivity contribution in [3.05, 3.63) is 65.2 Å². The molecule has 0 saturated carbocycles. The second-order valence-electron chi connectivity index (χ2n) is 5.15. The van der Waals surface area contributed by atoms with Gasteiger partial charge in [-0.15, -0.1) is 0 Å². The first-order valence-corrected chi connectivity index (χ1v) is 7.49.